The summed E-state index contributed by atoms with van der Waals surface area (Å²) in [5, 5.41) is 10.0. The molecule has 68 heavy (non-hydrogen) atoms. The molecule has 0 saturated heterocycles. The minimum absolute atomic E-state index is 1.09. The number of benzene rings is 12. The predicted molar refractivity (Wildman–Crippen MR) is 294 cm³/mol. The van der Waals surface area contributed by atoms with Gasteiger partial charge in [-0.15, -0.1) is 11.3 Å². The van der Waals surface area contributed by atoms with Crippen LogP contribution in [0.2, 0.25) is 0 Å². The van der Waals surface area contributed by atoms with E-state index in [1.54, 1.807) is 0 Å². The second-order valence-corrected chi connectivity index (χ2v) is 18.6. The van der Waals surface area contributed by atoms with Gasteiger partial charge in [-0.05, 0) is 125 Å². The number of fused-ring (bicyclic) bond motifs is 7. The SMILES string of the molecule is c1ccc(-c2ccc(N(c3ccc(-c4ccc5c(c4)c(-c4ccccc4)c(-c4ccccc4)c4ccccc45)cc3)c3cccc(-c4cccc5c4sc4ccccc45)c3)c3ccccc23)cc1. The van der Waals surface area contributed by atoms with Crippen molar-refractivity contribution in [2.24, 2.45) is 0 Å². The van der Waals surface area contributed by atoms with Crippen LogP contribution < -0.4 is 4.90 Å². The zero-order valence-corrected chi connectivity index (χ0v) is 38.0. The molecule has 1 nitrogen and oxygen atoms in total. The first-order valence-electron chi connectivity index (χ1n) is 23.3. The Kier molecular flexibility index (Phi) is 9.77. The first-order valence-corrected chi connectivity index (χ1v) is 24.1. The number of nitrogens with zero attached hydrogens (tertiary/aromatic N) is 1. The Hall–Kier alpha value is -8.56. The van der Waals surface area contributed by atoms with Crippen LogP contribution in [-0.2, 0) is 0 Å². The van der Waals surface area contributed by atoms with Crippen molar-refractivity contribution < 1.29 is 0 Å². The molecule has 318 valence electrons. The van der Waals surface area contributed by atoms with Crippen LogP contribution in [0, 0.1) is 0 Å². The van der Waals surface area contributed by atoms with E-state index in [1.807, 2.05) is 11.3 Å². The highest BCUT2D eigenvalue weighted by Gasteiger charge is 2.21. The molecule has 0 aliphatic heterocycles. The molecule has 13 rings (SSSR count). The summed E-state index contributed by atoms with van der Waals surface area (Å²) in [5.41, 5.74) is 15.5. The average molecular weight is 882 g/mol. The van der Waals surface area contributed by atoms with Crippen LogP contribution in [0.1, 0.15) is 0 Å². The van der Waals surface area contributed by atoms with E-state index in [1.165, 1.54) is 108 Å². The molecule has 0 aliphatic carbocycles. The van der Waals surface area contributed by atoms with Gasteiger partial charge in [0.15, 0.2) is 0 Å². The number of thiophene rings is 1. The molecule has 1 aromatic heterocycles. The molecule has 0 amide bonds. The molecule has 0 aliphatic rings. The van der Waals surface area contributed by atoms with Gasteiger partial charge in [0.05, 0.1) is 5.69 Å². The molecule has 12 aromatic carbocycles. The smallest absolute Gasteiger partial charge is 0.0540 e. The fraction of sp³-hybridized carbons (Fsp3) is 0. The number of hydrogen-bond acceptors (Lipinski definition) is 2. The van der Waals surface area contributed by atoms with Crippen LogP contribution >= 0.6 is 11.3 Å². The first kappa shape index (κ1) is 39.8. The van der Waals surface area contributed by atoms with Gasteiger partial charge < -0.3 is 4.90 Å². The van der Waals surface area contributed by atoms with Crippen molar-refractivity contribution in [3.63, 3.8) is 0 Å². The lowest BCUT2D eigenvalue weighted by atomic mass is 9.84. The highest BCUT2D eigenvalue weighted by molar-refractivity contribution is 7.26. The van der Waals surface area contributed by atoms with Crippen molar-refractivity contribution in [1.29, 1.82) is 0 Å². The topological polar surface area (TPSA) is 3.24 Å². The maximum absolute atomic E-state index is 2.45. The standard InChI is InChI=1S/C66H43NS/c1-4-18-45(19-5-1)52-40-41-62(57-28-12-10-26-54(52)57)67(51-25-16-24-49(42-51)53-31-17-32-60-58-29-14-15-33-63(58)68-66(53)60)50-37-34-44(35-38-50)48-36-39-56-55-27-11-13-30-59(55)64(46-20-6-2-7-21-46)65(61(56)43-48)47-22-8-3-9-23-47/h1-43H. The van der Waals surface area contributed by atoms with Crippen molar-refractivity contribution in [2.75, 3.05) is 4.90 Å². The van der Waals surface area contributed by atoms with E-state index >= 15 is 0 Å². The fourth-order valence-electron chi connectivity index (χ4n) is 10.5. The molecule has 0 unspecified atom stereocenters. The normalized spacial score (nSPS) is 11.5. The summed E-state index contributed by atoms with van der Waals surface area (Å²) in [6.45, 7) is 0. The van der Waals surface area contributed by atoms with Crippen LogP contribution in [-0.4, -0.2) is 0 Å². The number of hydrogen-bond donors (Lipinski definition) is 0. The Morgan fingerprint density at radius 2 is 0.794 bits per heavy atom. The van der Waals surface area contributed by atoms with Gasteiger partial charge in [0, 0.05) is 36.9 Å². The van der Waals surface area contributed by atoms with Gasteiger partial charge >= 0.3 is 0 Å². The van der Waals surface area contributed by atoms with Gasteiger partial charge in [-0.3, -0.25) is 0 Å². The summed E-state index contributed by atoms with van der Waals surface area (Å²) >= 11 is 1.88. The highest BCUT2D eigenvalue weighted by Crippen LogP contribution is 2.48. The first-order chi connectivity index (χ1) is 33.7. The third kappa shape index (κ3) is 6.77. The second-order valence-electron chi connectivity index (χ2n) is 17.5. The molecule has 0 bridgehead atoms. The average Bonchev–Trinajstić information content (AvgIpc) is 3.81. The minimum atomic E-state index is 1.09. The number of anilines is 3. The lowest BCUT2D eigenvalue weighted by Gasteiger charge is -2.28. The van der Waals surface area contributed by atoms with E-state index in [2.05, 4.69) is 266 Å². The van der Waals surface area contributed by atoms with Crippen LogP contribution in [0.3, 0.4) is 0 Å². The van der Waals surface area contributed by atoms with Crippen molar-refractivity contribution >= 4 is 80.9 Å². The Morgan fingerprint density at radius 1 is 0.250 bits per heavy atom. The highest BCUT2D eigenvalue weighted by atomic mass is 32.1. The van der Waals surface area contributed by atoms with E-state index in [4.69, 9.17) is 0 Å². The van der Waals surface area contributed by atoms with Crippen molar-refractivity contribution in [3.8, 4) is 55.6 Å². The summed E-state index contributed by atoms with van der Waals surface area (Å²) in [7, 11) is 0. The summed E-state index contributed by atoms with van der Waals surface area (Å²) < 4.78 is 2.62. The van der Waals surface area contributed by atoms with E-state index < -0.39 is 0 Å². The maximum atomic E-state index is 2.45. The Bertz CT molecular complexity index is 4000. The largest absolute Gasteiger partial charge is 0.310 e. The molecule has 0 saturated carbocycles. The van der Waals surface area contributed by atoms with Crippen molar-refractivity contribution in [2.45, 2.75) is 0 Å². The maximum Gasteiger partial charge on any atom is 0.0540 e. The molecular weight excluding hydrogens is 839 g/mol. The zero-order valence-electron chi connectivity index (χ0n) is 37.2. The third-order valence-electron chi connectivity index (χ3n) is 13.7. The lowest BCUT2D eigenvalue weighted by molar-refractivity contribution is 1.30. The van der Waals surface area contributed by atoms with Gasteiger partial charge in [-0.1, -0.05) is 218 Å². The molecule has 0 N–H and O–H groups in total. The molecule has 1 heterocycles. The summed E-state index contributed by atoms with van der Waals surface area (Å²) in [5.74, 6) is 0. The molecular formula is C66H43NS. The predicted octanol–water partition coefficient (Wildman–Crippen LogP) is 19.3. The molecule has 0 fully saturated rings. The molecule has 2 heteroatoms. The Labute approximate surface area is 400 Å². The van der Waals surface area contributed by atoms with Crippen molar-refractivity contribution in [1.82, 2.24) is 0 Å². The monoisotopic (exact) mass is 881 g/mol. The number of rotatable bonds is 8. The fourth-order valence-corrected chi connectivity index (χ4v) is 11.8. The zero-order chi connectivity index (χ0) is 45.0. The molecule has 0 atom stereocenters. The van der Waals surface area contributed by atoms with Crippen LogP contribution in [0.5, 0.6) is 0 Å². The summed E-state index contributed by atoms with van der Waals surface area (Å²) in [6.07, 6.45) is 0. The van der Waals surface area contributed by atoms with Crippen LogP contribution in [0.4, 0.5) is 17.1 Å². The molecule has 13 aromatic rings. The van der Waals surface area contributed by atoms with Gasteiger partial charge in [0.1, 0.15) is 0 Å². The van der Waals surface area contributed by atoms with Gasteiger partial charge in [0.2, 0.25) is 0 Å². The quantitative estimate of drug-likeness (QED) is 0.137. The van der Waals surface area contributed by atoms with E-state index in [0.29, 0.717) is 0 Å². The summed E-state index contributed by atoms with van der Waals surface area (Å²) in [6, 6.07) is 95.7. The minimum Gasteiger partial charge on any atom is -0.310 e. The third-order valence-corrected chi connectivity index (χ3v) is 14.9. The van der Waals surface area contributed by atoms with Gasteiger partial charge in [-0.25, -0.2) is 0 Å². The van der Waals surface area contributed by atoms with Gasteiger partial charge in [-0.2, -0.15) is 0 Å². The van der Waals surface area contributed by atoms with Crippen molar-refractivity contribution in [3.05, 3.63) is 261 Å². The molecule has 0 spiro atoms. The van der Waals surface area contributed by atoms with Gasteiger partial charge in [0.25, 0.3) is 0 Å². The van der Waals surface area contributed by atoms with E-state index in [-0.39, 0.29) is 0 Å². The second kappa shape index (κ2) is 16.7. The van der Waals surface area contributed by atoms with Crippen LogP contribution in [0.15, 0.2) is 261 Å². The lowest BCUT2D eigenvalue weighted by Crippen LogP contribution is -2.10. The Morgan fingerprint density at radius 3 is 1.53 bits per heavy atom. The van der Waals surface area contributed by atoms with E-state index in [0.717, 1.165) is 17.1 Å². The molecule has 0 radical (unpaired) electrons. The van der Waals surface area contributed by atoms with E-state index in [9.17, 15) is 0 Å². The Balaban J connectivity index is 0.987. The van der Waals surface area contributed by atoms with Crippen LogP contribution in [0.25, 0.3) is 108 Å². The summed E-state index contributed by atoms with van der Waals surface area (Å²) in [4.78, 5) is 2.45.